The van der Waals surface area contributed by atoms with Crippen LogP contribution in [0, 0.1) is 5.41 Å². The van der Waals surface area contributed by atoms with Crippen LogP contribution in [0.5, 0.6) is 0 Å². The van der Waals surface area contributed by atoms with Gasteiger partial charge in [-0.1, -0.05) is 6.08 Å². The minimum atomic E-state index is -1.82. The lowest BCUT2D eigenvalue weighted by Crippen LogP contribution is -2.32. The van der Waals surface area contributed by atoms with Crippen LogP contribution in [-0.4, -0.2) is 17.3 Å². The van der Waals surface area contributed by atoms with Gasteiger partial charge in [0.05, 0.1) is 11.3 Å². The number of allylic oxidation sites excluding steroid dienone is 1. The molecule has 0 spiro atoms. The largest absolute Gasteiger partial charge is 0.366 e. The summed E-state index contributed by atoms with van der Waals surface area (Å²) in [7, 11) is 0. The molecule has 0 rings (SSSR count). The van der Waals surface area contributed by atoms with Gasteiger partial charge < -0.3 is 11.1 Å². The Morgan fingerprint density at radius 2 is 2.00 bits per heavy atom. The summed E-state index contributed by atoms with van der Waals surface area (Å²) in [5.74, 6) is -0.770. The normalized spacial score (nSPS) is 12.8. The first kappa shape index (κ1) is 10.8. The Morgan fingerprint density at radius 3 is 2.08 bits per heavy atom. The predicted molar refractivity (Wildman–Crippen MR) is 45.9 cm³/mol. The van der Waals surface area contributed by atoms with Crippen LogP contribution in [0.15, 0.2) is 11.6 Å². The first-order valence-corrected chi connectivity index (χ1v) is 3.55. The Labute approximate surface area is 71.0 Å². The average molecular weight is 172 g/mol. The number of halogens is 1. The molecule has 0 aliphatic rings. The van der Waals surface area contributed by atoms with E-state index < -0.39 is 11.6 Å². The van der Waals surface area contributed by atoms with Crippen molar-refractivity contribution in [2.24, 2.45) is 5.73 Å². The van der Waals surface area contributed by atoms with Crippen molar-refractivity contribution in [3.63, 3.8) is 0 Å². The van der Waals surface area contributed by atoms with Crippen molar-refractivity contribution in [3.8, 4) is 0 Å². The minimum Gasteiger partial charge on any atom is -0.366 e. The molecule has 68 valence electrons. The van der Waals surface area contributed by atoms with Gasteiger partial charge in [-0.15, -0.1) is 0 Å². The molecule has 0 fully saturated rings. The summed E-state index contributed by atoms with van der Waals surface area (Å²) >= 11 is 0. The zero-order valence-corrected chi connectivity index (χ0v) is 7.44. The fourth-order valence-electron chi connectivity index (χ4n) is 0.730. The van der Waals surface area contributed by atoms with E-state index in [1.807, 2.05) is 0 Å². The van der Waals surface area contributed by atoms with Gasteiger partial charge in [-0.05, 0) is 20.8 Å². The fourth-order valence-corrected chi connectivity index (χ4v) is 0.730. The lowest BCUT2D eigenvalue weighted by Gasteiger charge is -2.16. The van der Waals surface area contributed by atoms with Gasteiger partial charge in [0, 0.05) is 0 Å². The molecular formula is C8H13FN2O. The van der Waals surface area contributed by atoms with Crippen molar-refractivity contribution < 1.29 is 9.18 Å². The average Bonchev–Trinajstić information content (AvgIpc) is 1.86. The molecule has 0 aromatic carbocycles. The van der Waals surface area contributed by atoms with Gasteiger partial charge in [0.25, 0.3) is 0 Å². The second-order valence-electron chi connectivity index (χ2n) is 2.91. The first-order chi connectivity index (χ1) is 5.30. The smallest absolute Gasteiger partial charge is 0.250 e. The van der Waals surface area contributed by atoms with Crippen LogP contribution in [0.2, 0.25) is 0 Å². The van der Waals surface area contributed by atoms with Gasteiger partial charge in [0.1, 0.15) is 5.67 Å². The molecule has 3 N–H and O–H groups in total. The third-order valence-corrected chi connectivity index (χ3v) is 1.42. The molecule has 0 aliphatic heterocycles. The summed E-state index contributed by atoms with van der Waals surface area (Å²) in [5, 5.41) is 7.28. The number of primary amides is 1. The second-order valence-corrected chi connectivity index (χ2v) is 2.91. The molecule has 0 bridgehead atoms. The molecule has 0 radical (unpaired) electrons. The number of alkyl halides is 1. The molecule has 3 nitrogen and oxygen atoms in total. The van der Waals surface area contributed by atoms with Crippen LogP contribution in [0.4, 0.5) is 4.39 Å². The van der Waals surface area contributed by atoms with E-state index in [-0.39, 0.29) is 11.3 Å². The maximum absolute atomic E-state index is 13.1. The van der Waals surface area contributed by atoms with Gasteiger partial charge in [0.2, 0.25) is 5.91 Å². The van der Waals surface area contributed by atoms with Crippen LogP contribution < -0.4 is 5.73 Å². The molecule has 0 aliphatic carbocycles. The molecule has 1 amide bonds. The number of amides is 1. The molecule has 0 aromatic heterocycles. The summed E-state index contributed by atoms with van der Waals surface area (Å²) in [6, 6.07) is 0. The maximum atomic E-state index is 13.1. The first-order valence-electron chi connectivity index (χ1n) is 3.55. The number of hydrogen-bond donors (Lipinski definition) is 2. The highest BCUT2D eigenvalue weighted by molar-refractivity contribution is 6.22. The predicted octanol–water partition coefficient (Wildman–Crippen LogP) is 1.19. The van der Waals surface area contributed by atoms with Crippen LogP contribution in [-0.2, 0) is 4.79 Å². The molecule has 0 heterocycles. The van der Waals surface area contributed by atoms with Crippen molar-refractivity contribution >= 4 is 11.6 Å². The van der Waals surface area contributed by atoms with E-state index >= 15 is 0 Å². The van der Waals surface area contributed by atoms with Gasteiger partial charge in [-0.2, -0.15) is 0 Å². The third kappa shape index (κ3) is 2.45. The topological polar surface area (TPSA) is 66.9 Å². The summed E-state index contributed by atoms with van der Waals surface area (Å²) in [6.45, 7) is 3.96. The Balaban J connectivity index is 4.82. The maximum Gasteiger partial charge on any atom is 0.250 e. The van der Waals surface area contributed by atoms with Gasteiger partial charge in [-0.3, -0.25) is 4.79 Å². The van der Waals surface area contributed by atoms with E-state index in [4.69, 9.17) is 11.1 Å². The van der Waals surface area contributed by atoms with Crippen molar-refractivity contribution in [1.82, 2.24) is 0 Å². The van der Waals surface area contributed by atoms with E-state index in [9.17, 15) is 9.18 Å². The monoisotopic (exact) mass is 172 g/mol. The van der Waals surface area contributed by atoms with E-state index in [1.165, 1.54) is 19.9 Å². The molecule has 0 saturated carbocycles. The van der Waals surface area contributed by atoms with Crippen LogP contribution >= 0.6 is 0 Å². The molecule has 12 heavy (non-hydrogen) atoms. The minimum absolute atomic E-state index is 0.0671. The third-order valence-electron chi connectivity index (χ3n) is 1.42. The standard InChI is InChI=1S/C8H13FN2O/c1-4-5(7(11)12)6(10)8(2,3)9/h4,10H,1-3H3,(H2,11,12)/b5-4+,10-6?. The number of hydrogen-bond acceptors (Lipinski definition) is 2. The van der Waals surface area contributed by atoms with Gasteiger partial charge in [0.15, 0.2) is 0 Å². The number of nitrogens with one attached hydrogen (secondary N) is 1. The molecule has 4 heteroatoms. The second kappa shape index (κ2) is 3.47. The van der Waals surface area contributed by atoms with Crippen molar-refractivity contribution in [2.75, 3.05) is 0 Å². The highest BCUT2D eigenvalue weighted by Crippen LogP contribution is 2.15. The molecule has 0 saturated heterocycles. The lowest BCUT2D eigenvalue weighted by molar-refractivity contribution is -0.114. The zero-order valence-electron chi connectivity index (χ0n) is 7.44. The Kier molecular flexibility index (Phi) is 3.13. The van der Waals surface area contributed by atoms with Crippen LogP contribution in [0.3, 0.4) is 0 Å². The summed E-state index contributed by atoms with van der Waals surface area (Å²) in [4.78, 5) is 10.7. The summed E-state index contributed by atoms with van der Waals surface area (Å²) in [5.41, 5.74) is 2.66. The van der Waals surface area contributed by atoms with Crippen LogP contribution in [0.25, 0.3) is 0 Å². The fraction of sp³-hybridized carbons (Fsp3) is 0.500. The molecule has 0 unspecified atom stereocenters. The van der Waals surface area contributed by atoms with E-state index in [0.717, 1.165) is 0 Å². The van der Waals surface area contributed by atoms with Crippen molar-refractivity contribution in [1.29, 1.82) is 5.41 Å². The van der Waals surface area contributed by atoms with Crippen molar-refractivity contribution in [2.45, 2.75) is 26.4 Å². The SMILES string of the molecule is C/C=C(\C(=N)C(C)(C)F)C(N)=O. The number of rotatable bonds is 3. The van der Waals surface area contributed by atoms with Gasteiger partial charge >= 0.3 is 0 Å². The molecule has 0 atom stereocenters. The molecular weight excluding hydrogens is 159 g/mol. The van der Waals surface area contributed by atoms with E-state index in [0.29, 0.717) is 0 Å². The van der Waals surface area contributed by atoms with Gasteiger partial charge in [-0.25, -0.2) is 4.39 Å². The lowest BCUT2D eigenvalue weighted by atomic mass is 9.97. The highest BCUT2D eigenvalue weighted by atomic mass is 19.1. The Morgan fingerprint density at radius 1 is 1.58 bits per heavy atom. The van der Waals surface area contributed by atoms with E-state index in [1.54, 1.807) is 6.92 Å². The number of carbonyl (C=O) groups excluding carboxylic acids is 1. The highest BCUT2D eigenvalue weighted by Gasteiger charge is 2.27. The number of nitrogens with two attached hydrogens (primary N) is 1. The van der Waals surface area contributed by atoms with Crippen LogP contribution in [0.1, 0.15) is 20.8 Å². The summed E-state index contributed by atoms with van der Waals surface area (Å²) in [6.07, 6.45) is 1.34. The molecule has 0 aromatic rings. The Bertz CT molecular complexity index is 238. The zero-order chi connectivity index (χ0) is 9.94. The van der Waals surface area contributed by atoms with Crippen molar-refractivity contribution in [3.05, 3.63) is 11.6 Å². The quantitative estimate of drug-likeness (QED) is 0.487. The summed E-state index contributed by atoms with van der Waals surface area (Å²) < 4.78 is 13.1. The number of carbonyl (C=O) groups is 1. The van der Waals surface area contributed by atoms with E-state index in [2.05, 4.69) is 0 Å². The Hall–Kier alpha value is -1.19.